The first-order valence-electron chi connectivity index (χ1n) is 5.23. The SMILES string of the molecule is Nc1ccc(S(=O)(=O)c2ccc(S(=O)O)cc2)cc1. The Balaban J connectivity index is 2.44. The summed E-state index contributed by atoms with van der Waals surface area (Å²) in [6.45, 7) is 0. The molecule has 1 atom stereocenters. The predicted octanol–water partition coefficient (Wildman–Crippen LogP) is 1.68. The highest BCUT2D eigenvalue weighted by molar-refractivity contribution is 7.91. The van der Waals surface area contributed by atoms with E-state index in [0.29, 0.717) is 5.69 Å². The van der Waals surface area contributed by atoms with Gasteiger partial charge >= 0.3 is 0 Å². The highest BCUT2D eigenvalue weighted by Gasteiger charge is 2.17. The average molecular weight is 297 g/mol. The minimum absolute atomic E-state index is 0.0615. The van der Waals surface area contributed by atoms with Crippen molar-refractivity contribution in [3.63, 3.8) is 0 Å². The van der Waals surface area contributed by atoms with E-state index in [-0.39, 0.29) is 14.7 Å². The van der Waals surface area contributed by atoms with E-state index >= 15 is 0 Å². The number of rotatable bonds is 3. The van der Waals surface area contributed by atoms with Crippen LogP contribution in [-0.4, -0.2) is 17.2 Å². The van der Waals surface area contributed by atoms with Gasteiger partial charge in [-0.2, -0.15) is 0 Å². The molecule has 3 N–H and O–H groups in total. The first kappa shape index (κ1) is 13.7. The second kappa shape index (κ2) is 5.12. The molecule has 0 aliphatic carbocycles. The average Bonchev–Trinajstić information content (AvgIpc) is 2.39. The molecule has 0 saturated heterocycles. The summed E-state index contributed by atoms with van der Waals surface area (Å²) in [6.07, 6.45) is 0. The largest absolute Gasteiger partial charge is 0.399 e. The van der Waals surface area contributed by atoms with Crippen molar-refractivity contribution in [1.29, 1.82) is 0 Å². The monoisotopic (exact) mass is 297 g/mol. The normalized spacial score (nSPS) is 13.1. The number of hydrogen-bond acceptors (Lipinski definition) is 4. The summed E-state index contributed by atoms with van der Waals surface area (Å²) in [5, 5.41) is 0. The summed E-state index contributed by atoms with van der Waals surface area (Å²) in [5.74, 6) is 0. The minimum Gasteiger partial charge on any atom is -0.399 e. The number of nitrogens with two attached hydrogens (primary N) is 1. The number of benzene rings is 2. The van der Waals surface area contributed by atoms with Gasteiger partial charge in [0.2, 0.25) is 9.84 Å². The fraction of sp³-hybridized carbons (Fsp3) is 0. The van der Waals surface area contributed by atoms with E-state index in [1.807, 2.05) is 0 Å². The van der Waals surface area contributed by atoms with E-state index in [1.54, 1.807) is 0 Å². The Morgan fingerprint density at radius 2 is 1.32 bits per heavy atom. The summed E-state index contributed by atoms with van der Waals surface area (Å²) >= 11 is -2.12. The maximum atomic E-state index is 12.2. The third-order valence-electron chi connectivity index (χ3n) is 2.53. The summed E-state index contributed by atoms with van der Waals surface area (Å²) in [5.41, 5.74) is 5.98. The fourth-order valence-corrected chi connectivity index (χ4v) is 3.15. The van der Waals surface area contributed by atoms with Gasteiger partial charge in [0.25, 0.3) is 0 Å². The van der Waals surface area contributed by atoms with Gasteiger partial charge in [-0.1, -0.05) is 0 Å². The zero-order valence-electron chi connectivity index (χ0n) is 9.68. The molecule has 1 unspecified atom stereocenters. The number of sulfone groups is 1. The first-order valence-corrected chi connectivity index (χ1v) is 7.82. The lowest BCUT2D eigenvalue weighted by Gasteiger charge is -2.05. The predicted molar refractivity (Wildman–Crippen MR) is 71.8 cm³/mol. The molecule has 100 valence electrons. The van der Waals surface area contributed by atoms with E-state index < -0.39 is 20.9 Å². The zero-order valence-corrected chi connectivity index (χ0v) is 11.3. The maximum Gasteiger partial charge on any atom is 0.206 e. The lowest BCUT2D eigenvalue weighted by molar-refractivity contribution is 0.564. The van der Waals surface area contributed by atoms with E-state index in [2.05, 4.69) is 0 Å². The molecule has 0 aliphatic heterocycles. The Labute approximate surface area is 113 Å². The highest BCUT2D eigenvalue weighted by atomic mass is 32.2. The quantitative estimate of drug-likeness (QED) is 0.663. The Kier molecular flexibility index (Phi) is 3.70. The molecule has 0 radical (unpaired) electrons. The Bertz CT molecular complexity index is 706. The van der Waals surface area contributed by atoms with E-state index in [4.69, 9.17) is 10.3 Å². The lowest BCUT2D eigenvalue weighted by atomic mass is 10.3. The van der Waals surface area contributed by atoms with Crippen molar-refractivity contribution in [2.45, 2.75) is 14.7 Å². The topological polar surface area (TPSA) is 97.5 Å². The van der Waals surface area contributed by atoms with Crippen LogP contribution in [0.15, 0.2) is 63.2 Å². The van der Waals surface area contributed by atoms with Crippen LogP contribution in [0.3, 0.4) is 0 Å². The highest BCUT2D eigenvalue weighted by Crippen LogP contribution is 2.22. The standard InChI is InChI=1S/C12H11NO4S2/c13-9-1-5-11(6-2-9)19(16,17)12-7-3-10(4-8-12)18(14)15/h1-8H,13H2,(H,14,15). The molecule has 0 saturated carbocycles. The van der Waals surface area contributed by atoms with Gasteiger partial charge in [0, 0.05) is 5.69 Å². The van der Waals surface area contributed by atoms with Gasteiger partial charge in [-0.05, 0) is 48.5 Å². The molecule has 2 aromatic rings. The smallest absolute Gasteiger partial charge is 0.206 e. The van der Waals surface area contributed by atoms with Crippen molar-refractivity contribution in [3.05, 3.63) is 48.5 Å². The lowest BCUT2D eigenvalue weighted by Crippen LogP contribution is -2.02. The van der Waals surface area contributed by atoms with Crippen molar-refractivity contribution in [3.8, 4) is 0 Å². The van der Waals surface area contributed by atoms with Crippen molar-refractivity contribution in [2.24, 2.45) is 0 Å². The van der Waals surface area contributed by atoms with Crippen molar-refractivity contribution < 1.29 is 17.2 Å². The third-order valence-corrected chi connectivity index (χ3v) is 4.99. The fourth-order valence-electron chi connectivity index (χ4n) is 1.52. The Morgan fingerprint density at radius 1 is 0.895 bits per heavy atom. The van der Waals surface area contributed by atoms with Crippen LogP contribution in [0.25, 0.3) is 0 Å². The van der Waals surface area contributed by atoms with Crippen molar-refractivity contribution in [2.75, 3.05) is 5.73 Å². The molecule has 0 spiro atoms. The van der Waals surface area contributed by atoms with Crippen LogP contribution in [0.4, 0.5) is 5.69 Å². The molecule has 2 aromatic carbocycles. The molecule has 0 fully saturated rings. The summed E-state index contributed by atoms with van der Waals surface area (Å²) in [7, 11) is -3.63. The summed E-state index contributed by atoms with van der Waals surface area (Å²) in [6, 6.07) is 11.1. The summed E-state index contributed by atoms with van der Waals surface area (Å²) in [4.78, 5) is 0.335. The van der Waals surface area contributed by atoms with E-state index in [9.17, 15) is 12.6 Å². The number of hydrogen-bond donors (Lipinski definition) is 2. The molecule has 19 heavy (non-hydrogen) atoms. The van der Waals surface area contributed by atoms with Crippen molar-refractivity contribution >= 4 is 26.6 Å². The third kappa shape index (κ3) is 2.83. The van der Waals surface area contributed by atoms with Crippen LogP contribution in [-0.2, 0) is 20.9 Å². The van der Waals surface area contributed by atoms with Crippen molar-refractivity contribution in [1.82, 2.24) is 0 Å². The van der Waals surface area contributed by atoms with Crippen LogP contribution in [0.5, 0.6) is 0 Å². The summed E-state index contributed by atoms with van der Waals surface area (Å²) < 4.78 is 44.2. The van der Waals surface area contributed by atoms with Gasteiger partial charge in [0.1, 0.15) is 0 Å². The Hall–Kier alpha value is -1.70. The Morgan fingerprint density at radius 3 is 1.74 bits per heavy atom. The number of anilines is 1. The molecule has 2 rings (SSSR count). The zero-order chi connectivity index (χ0) is 14.0. The first-order chi connectivity index (χ1) is 8.91. The molecular weight excluding hydrogens is 286 g/mol. The second-order valence-electron chi connectivity index (χ2n) is 3.79. The molecule has 0 bridgehead atoms. The molecule has 0 amide bonds. The van der Waals surface area contributed by atoms with Gasteiger partial charge in [0.05, 0.1) is 14.7 Å². The molecular formula is C12H11NO4S2. The minimum atomic E-state index is -3.63. The van der Waals surface area contributed by atoms with Crippen LogP contribution < -0.4 is 5.73 Å². The molecule has 0 aliphatic rings. The van der Waals surface area contributed by atoms with Gasteiger partial charge in [0.15, 0.2) is 11.1 Å². The molecule has 5 nitrogen and oxygen atoms in total. The van der Waals surface area contributed by atoms with Gasteiger partial charge in [-0.3, -0.25) is 0 Å². The van der Waals surface area contributed by atoms with Crippen LogP contribution in [0, 0.1) is 0 Å². The van der Waals surface area contributed by atoms with Gasteiger partial charge in [-0.15, -0.1) is 0 Å². The van der Waals surface area contributed by atoms with Crippen LogP contribution in [0.2, 0.25) is 0 Å². The van der Waals surface area contributed by atoms with Gasteiger partial charge in [-0.25, -0.2) is 12.6 Å². The molecule has 7 heteroatoms. The molecule has 0 aromatic heterocycles. The maximum absolute atomic E-state index is 12.2. The van der Waals surface area contributed by atoms with Crippen LogP contribution in [0.1, 0.15) is 0 Å². The van der Waals surface area contributed by atoms with Crippen LogP contribution >= 0.6 is 0 Å². The molecule has 0 heterocycles. The second-order valence-corrected chi connectivity index (χ2v) is 6.71. The van der Waals surface area contributed by atoms with E-state index in [0.717, 1.165) is 0 Å². The number of nitrogen functional groups attached to an aromatic ring is 1. The van der Waals surface area contributed by atoms with Gasteiger partial charge < -0.3 is 10.3 Å². The van der Waals surface area contributed by atoms with E-state index in [1.165, 1.54) is 48.5 Å².